The molecule has 0 spiro atoms. The Morgan fingerprint density at radius 3 is 2.65 bits per heavy atom. The third kappa shape index (κ3) is 5.74. The Morgan fingerprint density at radius 1 is 1.30 bits per heavy atom. The predicted molar refractivity (Wildman–Crippen MR) is 103 cm³/mol. The summed E-state index contributed by atoms with van der Waals surface area (Å²) in [5, 5.41) is 10.7. The van der Waals surface area contributed by atoms with Crippen LogP contribution in [0.25, 0.3) is 0 Å². The first kappa shape index (κ1) is 19.3. The van der Waals surface area contributed by atoms with Gasteiger partial charge < -0.3 is 15.4 Å². The number of aliphatic imine (C=N–C) groups is 1. The van der Waals surface area contributed by atoms with Gasteiger partial charge in [-0.2, -0.15) is 5.10 Å². The first-order valence-corrected chi connectivity index (χ1v) is 7.18. The molecule has 0 aliphatic carbocycles. The predicted octanol–water partition coefficient (Wildman–Crippen LogP) is 2.22. The molecule has 0 saturated carbocycles. The molecule has 7 heteroatoms. The molecule has 2 aromatic rings. The van der Waals surface area contributed by atoms with Crippen molar-refractivity contribution in [2.75, 3.05) is 14.2 Å². The first-order valence-electron chi connectivity index (χ1n) is 7.18. The average molecular weight is 429 g/mol. The standard InChI is InChI=1S/C16H23N5O.HI/c1-12-5-6-14(15(7-12)22-4)10-19-16(17-2)18-8-13-9-20-21(3)11-13;/h5-7,9,11H,8,10H2,1-4H3,(H2,17,18,19);1H. The lowest BCUT2D eigenvalue weighted by Gasteiger charge is -2.13. The van der Waals surface area contributed by atoms with Crippen LogP contribution in [0.5, 0.6) is 5.75 Å². The van der Waals surface area contributed by atoms with Crippen LogP contribution in [0, 0.1) is 6.92 Å². The Hall–Kier alpha value is -1.77. The Morgan fingerprint density at radius 2 is 2.04 bits per heavy atom. The summed E-state index contributed by atoms with van der Waals surface area (Å²) in [5.41, 5.74) is 3.38. The SMILES string of the molecule is CN=C(NCc1cnn(C)c1)NCc1ccc(C)cc1OC.I. The number of guanidine groups is 1. The van der Waals surface area contributed by atoms with E-state index in [1.807, 2.05) is 32.4 Å². The lowest BCUT2D eigenvalue weighted by molar-refractivity contribution is 0.408. The van der Waals surface area contributed by atoms with Gasteiger partial charge >= 0.3 is 0 Å². The highest BCUT2D eigenvalue weighted by atomic mass is 127. The number of hydrogen-bond acceptors (Lipinski definition) is 3. The molecule has 0 aliphatic rings. The molecule has 0 radical (unpaired) electrons. The van der Waals surface area contributed by atoms with Crippen LogP contribution in [-0.2, 0) is 20.1 Å². The van der Waals surface area contributed by atoms with E-state index in [0.29, 0.717) is 13.1 Å². The summed E-state index contributed by atoms with van der Waals surface area (Å²) in [5.74, 6) is 1.63. The summed E-state index contributed by atoms with van der Waals surface area (Å²) >= 11 is 0. The highest BCUT2D eigenvalue weighted by molar-refractivity contribution is 14.0. The molecule has 6 nitrogen and oxygen atoms in total. The number of rotatable bonds is 5. The fourth-order valence-electron chi connectivity index (χ4n) is 2.15. The number of nitrogens with zero attached hydrogens (tertiary/aromatic N) is 3. The molecule has 2 N–H and O–H groups in total. The van der Waals surface area contributed by atoms with Crippen LogP contribution in [0.4, 0.5) is 0 Å². The summed E-state index contributed by atoms with van der Waals surface area (Å²) in [6, 6.07) is 6.17. The van der Waals surface area contributed by atoms with E-state index < -0.39 is 0 Å². The number of aromatic nitrogens is 2. The van der Waals surface area contributed by atoms with Gasteiger partial charge in [0.15, 0.2) is 5.96 Å². The van der Waals surface area contributed by atoms with Gasteiger partial charge in [0.1, 0.15) is 5.75 Å². The van der Waals surface area contributed by atoms with Crippen molar-refractivity contribution in [1.29, 1.82) is 0 Å². The van der Waals surface area contributed by atoms with Crippen molar-refractivity contribution in [1.82, 2.24) is 20.4 Å². The largest absolute Gasteiger partial charge is 0.496 e. The first-order chi connectivity index (χ1) is 10.6. The summed E-state index contributed by atoms with van der Waals surface area (Å²) in [4.78, 5) is 4.22. The third-order valence-corrected chi connectivity index (χ3v) is 3.33. The normalized spacial score (nSPS) is 10.9. The van der Waals surface area contributed by atoms with Gasteiger partial charge in [-0.3, -0.25) is 9.67 Å². The molecular weight excluding hydrogens is 405 g/mol. The Labute approximate surface area is 154 Å². The minimum absolute atomic E-state index is 0. The van der Waals surface area contributed by atoms with Crippen LogP contribution in [0.2, 0.25) is 0 Å². The zero-order valence-corrected chi connectivity index (χ0v) is 16.3. The lowest BCUT2D eigenvalue weighted by atomic mass is 10.1. The van der Waals surface area contributed by atoms with Crippen LogP contribution in [0.3, 0.4) is 0 Å². The molecule has 1 aromatic heterocycles. The average Bonchev–Trinajstić information content (AvgIpc) is 2.94. The minimum Gasteiger partial charge on any atom is -0.496 e. The second kappa shape index (κ2) is 9.39. The molecule has 126 valence electrons. The maximum atomic E-state index is 5.41. The number of benzene rings is 1. The maximum Gasteiger partial charge on any atom is 0.191 e. The van der Waals surface area contributed by atoms with Crippen molar-refractivity contribution in [2.45, 2.75) is 20.0 Å². The van der Waals surface area contributed by atoms with Crippen LogP contribution in [0.1, 0.15) is 16.7 Å². The van der Waals surface area contributed by atoms with Gasteiger partial charge in [0.25, 0.3) is 0 Å². The Balaban J connectivity index is 0.00000264. The highest BCUT2D eigenvalue weighted by Gasteiger charge is 2.05. The van der Waals surface area contributed by atoms with E-state index >= 15 is 0 Å². The zero-order valence-electron chi connectivity index (χ0n) is 14.0. The molecule has 0 atom stereocenters. The fraction of sp³-hybridized carbons (Fsp3) is 0.375. The van der Waals surface area contributed by atoms with Crippen molar-refractivity contribution < 1.29 is 4.74 Å². The van der Waals surface area contributed by atoms with Gasteiger partial charge in [0.2, 0.25) is 0 Å². The summed E-state index contributed by atoms with van der Waals surface area (Å²) in [7, 11) is 5.35. The lowest BCUT2D eigenvalue weighted by Crippen LogP contribution is -2.36. The Bertz CT molecular complexity index is 654. The fourth-order valence-corrected chi connectivity index (χ4v) is 2.15. The van der Waals surface area contributed by atoms with Crippen molar-refractivity contribution in [3.8, 4) is 5.75 Å². The monoisotopic (exact) mass is 429 g/mol. The van der Waals surface area contributed by atoms with Gasteiger partial charge in [-0.25, -0.2) is 0 Å². The van der Waals surface area contributed by atoms with Crippen LogP contribution < -0.4 is 15.4 Å². The van der Waals surface area contributed by atoms with Crippen molar-refractivity contribution >= 4 is 29.9 Å². The van der Waals surface area contributed by atoms with Crippen LogP contribution >= 0.6 is 24.0 Å². The second-order valence-electron chi connectivity index (χ2n) is 5.12. The molecule has 1 aromatic carbocycles. The molecule has 0 aliphatic heterocycles. The van der Waals surface area contributed by atoms with Gasteiger partial charge in [-0.15, -0.1) is 24.0 Å². The third-order valence-electron chi connectivity index (χ3n) is 3.33. The molecule has 23 heavy (non-hydrogen) atoms. The molecule has 0 amide bonds. The van der Waals surface area contributed by atoms with Gasteiger partial charge in [-0.1, -0.05) is 12.1 Å². The molecule has 0 bridgehead atoms. The van der Waals surface area contributed by atoms with E-state index in [9.17, 15) is 0 Å². The Kier molecular flexibility index (Phi) is 7.87. The smallest absolute Gasteiger partial charge is 0.191 e. The second-order valence-corrected chi connectivity index (χ2v) is 5.12. The molecular formula is C16H24IN5O. The van der Waals surface area contributed by atoms with Gasteiger partial charge in [-0.05, 0) is 18.6 Å². The summed E-state index contributed by atoms with van der Waals surface area (Å²) in [6.45, 7) is 3.38. The zero-order chi connectivity index (χ0) is 15.9. The van der Waals surface area contributed by atoms with Gasteiger partial charge in [0.05, 0.1) is 13.3 Å². The van der Waals surface area contributed by atoms with E-state index in [0.717, 1.165) is 22.8 Å². The highest BCUT2D eigenvalue weighted by Crippen LogP contribution is 2.19. The summed E-state index contributed by atoms with van der Waals surface area (Å²) < 4.78 is 7.19. The van der Waals surface area contributed by atoms with E-state index in [1.54, 1.807) is 18.8 Å². The van der Waals surface area contributed by atoms with E-state index in [4.69, 9.17) is 4.74 Å². The van der Waals surface area contributed by atoms with Crippen molar-refractivity contribution in [3.05, 3.63) is 47.3 Å². The minimum atomic E-state index is 0. The van der Waals surface area contributed by atoms with E-state index in [2.05, 4.69) is 32.9 Å². The number of hydrogen-bond donors (Lipinski definition) is 2. The molecule has 0 unspecified atom stereocenters. The summed E-state index contributed by atoms with van der Waals surface area (Å²) in [6.07, 6.45) is 3.81. The topological polar surface area (TPSA) is 63.5 Å². The van der Waals surface area contributed by atoms with Crippen LogP contribution in [-0.4, -0.2) is 29.9 Å². The van der Waals surface area contributed by atoms with E-state index in [1.165, 1.54) is 5.56 Å². The number of halogens is 1. The quantitative estimate of drug-likeness (QED) is 0.435. The molecule has 0 saturated heterocycles. The van der Waals surface area contributed by atoms with Gasteiger partial charge in [0, 0.05) is 44.5 Å². The number of methoxy groups -OCH3 is 1. The van der Waals surface area contributed by atoms with Crippen LogP contribution in [0.15, 0.2) is 35.6 Å². The van der Waals surface area contributed by atoms with Crippen molar-refractivity contribution in [3.63, 3.8) is 0 Å². The van der Waals surface area contributed by atoms with E-state index in [-0.39, 0.29) is 24.0 Å². The molecule has 1 heterocycles. The number of aryl methyl sites for hydroxylation is 2. The van der Waals surface area contributed by atoms with Crippen molar-refractivity contribution in [2.24, 2.45) is 12.0 Å². The number of ether oxygens (including phenoxy) is 1. The molecule has 0 fully saturated rings. The molecule has 2 rings (SSSR count). The number of nitrogens with one attached hydrogen (secondary N) is 2. The maximum absolute atomic E-state index is 5.41.